The molecule has 1 N–H and O–H groups in total. The summed E-state index contributed by atoms with van der Waals surface area (Å²) in [4.78, 5) is 40.6. The van der Waals surface area contributed by atoms with Gasteiger partial charge in [0.15, 0.2) is 0 Å². The van der Waals surface area contributed by atoms with Gasteiger partial charge in [0.25, 0.3) is 5.91 Å². The molecule has 39 heavy (non-hydrogen) atoms. The summed E-state index contributed by atoms with van der Waals surface area (Å²) in [6.07, 6.45) is -2.75. The highest BCUT2D eigenvalue weighted by Crippen LogP contribution is 2.37. The van der Waals surface area contributed by atoms with Crippen LogP contribution in [0.2, 0.25) is 0 Å². The molecule has 2 aliphatic heterocycles. The van der Waals surface area contributed by atoms with E-state index in [-0.39, 0.29) is 50.6 Å². The molecule has 2 aliphatic rings. The van der Waals surface area contributed by atoms with Gasteiger partial charge in [-0.25, -0.2) is 0 Å². The minimum Gasteiger partial charge on any atom is -0.489 e. The number of rotatable bonds is 10. The van der Waals surface area contributed by atoms with Crippen molar-refractivity contribution in [2.24, 2.45) is 5.92 Å². The molecule has 0 spiro atoms. The van der Waals surface area contributed by atoms with Gasteiger partial charge in [-0.15, -0.1) is 0 Å². The SMILES string of the molecule is CNC(=O)[C@](C)(CCC=O)N1Cc2c(OCc3ccc(CN4CCC(C(F)(F)F)CC4)cc3)cccc2C1=O. The molecule has 0 saturated carbocycles. The van der Waals surface area contributed by atoms with Crippen molar-refractivity contribution in [2.45, 2.75) is 64.0 Å². The number of likely N-dealkylation sites (tertiary alicyclic amines) is 1. The summed E-state index contributed by atoms with van der Waals surface area (Å²) in [7, 11) is 1.50. The zero-order chi connectivity index (χ0) is 28.2. The second-order valence-electron chi connectivity index (χ2n) is 10.4. The third-order valence-electron chi connectivity index (χ3n) is 7.86. The van der Waals surface area contributed by atoms with E-state index in [1.54, 1.807) is 25.1 Å². The van der Waals surface area contributed by atoms with Gasteiger partial charge in [-0.2, -0.15) is 13.2 Å². The number of carbonyl (C=O) groups excluding carboxylic acids is 3. The number of hydrogen-bond donors (Lipinski definition) is 1. The van der Waals surface area contributed by atoms with Crippen molar-refractivity contribution in [3.8, 4) is 5.75 Å². The molecule has 0 radical (unpaired) electrons. The van der Waals surface area contributed by atoms with Gasteiger partial charge in [0.05, 0.1) is 12.5 Å². The van der Waals surface area contributed by atoms with E-state index in [1.807, 2.05) is 29.2 Å². The molecule has 0 aliphatic carbocycles. The third-order valence-corrected chi connectivity index (χ3v) is 7.86. The molecule has 2 amide bonds. The molecule has 210 valence electrons. The molecular weight excluding hydrogens is 511 g/mol. The van der Waals surface area contributed by atoms with Crippen LogP contribution in [0.25, 0.3) is 0 Å². The number of amides is 2. The first-order chi connectivity index (χ1) is 18.6. The van der Waals surface area contributed by atoms with E-state index in [0.29, 0.717) is 36.5 Å². The Morgan fingerprint density at radius 1 is 1.10 bits per heavy atom. The average Bonchev–Trinajstić information content (AvgIpc) is 3.28. The van der Waals surface area contributed by atoms with Crippen LogP contribution in [0.4, 0.5) is 13.2 Å². The van der Waals surface area contributed by atoms with Crippen molar-refractivity contribution in [1.82, 2.24) is 15.1 Å². The first kappa shape index (κ1) is 28.6. The van der Waals surface area contributed by atoms with Gasteiger partial charge in [-0.1, -0.05) is 30.3 Å². The van der Waals surface area contributed by atoms with Gasteiger partial charge < -0.3 is 19.7 Å². The van der Waals surface area contributed by atoms with Gasteiger partial charge in [-0.3, -0.25) is 14.5 Å². The minimum absolute atomic E-state index is 0.135. The number of fused-ring (bicyclic) bond motifs is 1. The minimum atomic E-state index is -4.11. The molecule has 0 unspecified atom stereocenters. The molecule has 4 rings (SSSR count). The molecular formula is C29H34F3N3O4. The van der Waals surface area contributed by atoms with E-state index in [0.717, 1.165) is 17.4 Å². The monoisotopic (exact) mass is 545 g/mol. The summed E-state index contributed by atoms with van der Waals surface area (Å²) >= 11 is 0. The Kier molecular flexibility index (Phi) is 8.64. The fourth-order valence-electron chi connectivity index (χ4n) is 5.40. The number of halogens is 3. The maximum absolute atomic E-state index is 13.3. The number of alkyl halides is 3. The first-order valence-electron chi connectivity index (χ1n) is 13.2. The summed E-state index contributed by atoms with van der Waals surface area (Å²) in [5, 5.41) is 2.61. The van der Waals surface area contributed by atoms with E-state index < -0.39 is 17.6 Å². The number of carbonyl (C=O) groups is 3. The van der Waals surface area contributed by atoms with Crippen molar-refractivity contribution in [3.63, 3.8) is 0 Å². The Hall–Kier alpha value is -3.40. The summed E-state index contributed by atoms with van der Waals surface area (Å²) in [5.74, 6) is -1.27. The number of nitrogens with one attached hydrogen (secondary N) is 1. The Balaban J connectivity index is 1.38. The lowest BCUT2D eigenvalue weighted by atomic mass is 9.92. The lowest BCUT2D eigenvalue weighted by molar-refractivity contribution is -0.185. The Morgan fingerprint density at radius 2 is 1.77 bits per heavy atom. The Labute approximate surface area is 226 Å². The summed E-state index contributed by atoms with van der Waals surface area (Å²) in [6.45, 7) is 3.58. The highest BCUT2D eigenvalue weighted by Gasteiger charge is 2.46. The van der Waals surface area contributed by atoms with E-state index in [9.17, 15) is 27.6 Å². The molecule has 1 fully saturated rings. The fraction of sp³-hybridized carbons (Fsp3) is 0.483. The second kappa shape index (κ2) is 11.8. The van der Waals surface area contributed by atoms with Gasteiger partial charge in [0.2, 0.25) is 5.91 Å². The fourth-order valence-corrected chi connectivity index (χ4v) is 5.40. The van der Waals surface area contributed by atoms with Crippen LogP contribution in [-0.4, -0.2) is 59.8 Å². The van der Waals surface area contributed by atoms with Crippen LogP contribution in [0.1, 0.15) is 59.7 Å². The first-order valence-corrected chi connectivity index (χ1v) is 13.2. The van der Waals surface area contributed by atoms with Crippen LogP contribution in [0, 0.1) is 5.92 Å². The lowest BCUT2D eigenvalue weighted by Gasteiger charge is -2.36. The van der Waals surface area contributed by atoms with Crippen molar-refractivity contribution in [1.29, 1.82) is 0 Å². The number of piperidine rings is 1. The smallest absolute Gasteiger partial charge is 0.391 e. The number of aldehydes is 1. The lowest BCUT2D eigenvalue weighted by Crippen LogP contribution is -2.56. The average molecular weight is 546 g/mol. The zero-order valence-corrected chi connectivity index (χ0v) is 22.2. The number of benzene rings is 2. The maximum atomic E-state index is 13.3. The van der Waals surface area contributed by atoms with E-state index in [2.05, 4.69) is 5.32 Å². The molecule has 2 aromatic carbocycles. The zero-order valence-electron chi connectivity index (χ0n) is 22.2. The van der Waals surface area contributed by atoms with Gasteiger partial charge in [0.1, 0.15) is 24.2 Å². The number of hydrogen-bond acceptors (Lipinski definition) is 5. The number of ether oxygens (including phenoxy) is 1. The van der Waals surface area contributed by atoms with E-state index >= 15 is 0 Å². The van der Waals surface area contributed by atoms with Crippen LogP contribution in [0.3, 0.4) is 0 Å². The van der Waals surface area contributed by atoms with Crippen LogP contribution in [-0.2, 0) is 29.3 Å². The van der Waals surface area contributed by atoms with Crippen molar-refractivity contribution in [2.75, 3.05) is 20.1 Å². The molecule has 2 aromatic rings. The molecule has 7 nitrogen and oxygen atoms in total. The highest BCUT2D eigenvalue weighted by molar-refractivity contribution is 6.03. The van der Waals surface area contributed by atoms with Crippen LogP contribution in [0.5, 0.6) is 5.75 Å². The molecule has 10 heteroatoms. The largest absolute Gasteiger partial charge is 0.489 e. The van der Waals surface area contributed by atoms with Crippen molar-refractivity contribution in [3.05, 3.63) is 64.7 Å². The highest BCUT2D eigenvalue weighted by atomic mass is 19.4. The van der Waals surface area contributed by atoms with Crippen molar-refractivity contribution < 1.29 is 32.3 Å². The standard InChI is InChI=1S/C29H34F3N3O4/c1-28(13-4-16-36,27(38)33-2)35-18-24-23(26(35)37)5-3-6-25(24)39-19-21-9-7-20(8-10-21)17-34-14-11-22(12-15-34)29(30,31)32/h3,5-10,16,22H,4,11-15,17-19H2,1-2H3,(H,33,38)/t28-/m0/s1. The van der Waals surface area contributed by atoms with Crippen LogP contribution in [0.15, 0.2) is 42.5 Å². The van der Waals surface area contributed by atoms with Gasteiger partial charge in [0, 0.05) is 31.1 Å². The topological polar surface area (TPSA) is 79.0 Å². The summed E-state index contributed by atoms with van der Waals surface area (Å²) in [6, 6.07) is 13.0. The molecule has 1 saturated heterocycles. The van der Waals surface area contributed by atoms with Crippen LogP contribution < -0.4 is 10.1 Å². The van der Waals surface area contributed by atoms with E-state index in [1.165, 1.54) is 11.9 Å². The second-order valence-corrected chi connectivity index (χ2v) is 10.4. The van der Waals surface area contributed by atoms with Crippen LogP contribution >= 0.6 is 0 Å². The predicted octanol–water partition coefficient (Wildman–Crippen LogP) is 4.48. The number of nitrogens with zero attached hydrogens (tertiary/aromatic N) is 2. The predicted molar refractivity (Wildman–Crippen MR) is 139 cm³/mol. The molecule has 1 atom stereocenters. The van der Waals surface area contributed by atoms with Gasteiger partial charge >= 0.3 is 6.18 Å². The normalized spacial score (nSPS) is 18.0. The maximum Gasteiger partial charge on any atom is 0.391 e. The third kappa shape index (κ3) is 6.27. The van der Waals surface area contributed by atoms with Crippen molar-refractivity contribution >= 4 is 18.1 Å². The molecule has 0 bridgehead atoms. The summed E-state index contributed by atoms with van der Waals surface area (Å²) < 4.78 is 44.8. The molecule has 2 heterocycles. The summed E-state index contributed by atoms with van der Waals surface area (Å²) in [5.41, 5.74) is 1.92. The molecule has 0 aromatic heterocycles. The van der Waals surface area contributed by atoms with E-state index in [4.69, 9.17) is 4.74 Å². The van der Waals surface area contributed by atoms with Gasteiger partial charge in [-0.05, 0) is 62.5 Å². The quantitative estimate of drug-likeness (QED) is 0.446. The number of likely N-dealkylation sites (N-methyl/N-ethyl adjacent to an activating group) is 1. The Bertz CT molecular complexity index is 1190. The Morgan fingerprint density at radius 3 is 2.38 bits per heavy atom.